The van der Waals surface area contributed by atoms with Crippen molar-refractivity contribution >= 4 is 39.3 Å². The van der Waals surface area contributed by atoms with Gasteiger partial charge in [-0.1, -0.05) is 54.6 Å². The summed E-state index contributed by atoms with van der Waals surface area (Å²) >= 11 is 0. The number of para-hydroxylation sites is 3. The number of aliphatic imine (C=N–C) groups is 4. The van der Waals surface area contributed by atoms with E-state index in [0.717, 1.165) is 79.1 Å². The molecule has 16 heteroatoms. The number of hydrogen-bond donors (Lipinski definition) is 0. The van der Waals surface area contributed by atoms with E-state index in [2.05, 4.69) is 20.0 Å². The summed E-state index contributed by atoms with van der Waals surface area (Å²) in [6.07, 6.45) is 1.96. The molecule has 3 aromatic rings. The van der Waals surface area contributed by atoms with Gasteiger partial charge in [0.05, 0.1) is 22.8 Å². The minimum absolute atomic E-state index is 0. The molecule has 0 atom stereocenters. The predicted octanol–water partition coefficient (Wildman–Crippen LogP) is 11.2. The molecular formula is C32H40F6FeN4O3P2. The zero-order valence-electron chi connectivity index (χ0n) is 27.0. The summed E-state index contributed by atoms with van der Waals surface area (Å²) in [5, 5.41) is 0. The average Bonchev–Trinajstić information content (AvgIpc) is 3.00. The number of halogens is 6. The molecule has 266 valence electrons. The molecule has 1 aliphatic heterocycles. The Morgan fingerprint density at radius 1 is 0.458 bits per heavy atom. The summed E-state index contributed by atoms with van der Waals surface area (Å²) in [5.74, 6) is 2.18. The maximum atomic E-state index is 9.87. The quantitative estimate of drug-likeness (QED) is 0.143. The Labute approximate surface area is 289 Å². The first-order valence-electron chi connectivity index (χ1n) is 14.6. The topological polar surface area (TPSA) is 77.1 Å². The molecule has 0 spiro atoms. The average molecular weight is 760 g/mol. The number of rotatable bonds is 6. The number of benzene rings is 3. The summed E-state index contributed by atoms with van der Waals surface area (Å²) in [6, 6.07) is 28.6. The van der Waals surface area contributed by atoms with Gasteiger partial charge in [-0.05, 0) is 76.9 Å². The molecule has 4 rings (SSSR count). The fourth-order valence-corrected chi connectivity index (χ4v) is 4.51. The molecule has 0 fully saturated rings. The van der Waals surface area contributed by atoms with E-state index < -0.39 is 16.4 Å². The minimum atomic E-state index is -10.7. The van der Waals surface area contributed by atoms with Crippen LogP contribution < -0.4 is 13.6 Å². The van der Waals surface area contributed by atoms with Crippen molar-refractivity contribution in [1.82, 2.24) is 0 Å². The summed E-state index contributed by atoms with van der Waals surface area (Å²) in [5.41, 5.74) is 4.19. The van der Waals surface area contributed by atoms with E-state index in [0.29, 0.717) is 0 Å². The van der Waals surface area contributed by atoms with Crippen molar-refractivity contribution in [2.75, 3.05) is 26.2 Å². The van der Waals surface area contributed by atoms with Crippen molar-refractivity contribution in [1.29, 1.82) is 0 Å². The Balaban J connectivity index is 0.000000401. The maximum Gasteiger partial charge on any atom is 0.528 e. The Morgan fingerprint density at radius 3 is 0.875 bits per heavy atom. The zero-order valence-corrected chi connectivity index (χ0v) is 30.0. The predicted molar refractivity (Wildman–Crippen MR) is 184 cm³/mol. The van der Waals surface area contributed by atoms with Gasteiger partial charge in [0.25, 0.3) is 0 Å². The molecule has 0 unspecified atom stereocenters. The Morgan fingerprint density at radius 2 is 0.667 bits per heavy atom. The standard InChI is InChI=1S/C18H16O3P.C14H24N4.F6P.Fe/c1-4-10-16(11-5-1)19-22(20-17-12-6-2-7-13-17)21-18-14-8-3-9-15-18;1-11-12(2)16-8-6-10-18-14(4)13(3)17-9-5-7-15-11;1-7(2,3,4,5)6;/h1-15,22H;5-10H2,1-4H3;;/q+1;;-1;. The second-order valence-electron chi connectivity index (χ2n) is 10.0. The third-order valence-electron chi connectivity index (χ3n) is 5.91. The van der Waals surface area contributed by atoms with Gasteiger partial charge in [-0.25, -0.2) is 0 Å². The van der Waals surface area contributed by atoms with Gasteiger partial charge >= 0.3 is 41.6 Å². The van der Waals surface area contributed by atoms with Crippen molar-refractivity contribution in [3.05, 3.63) is 91.0 Å². The smallest absolute Gasteiger partial charge is 0.273 e. The van der Waals surface area contributed by atoms with Gasteiger partial charge in [0.2, 0.25) is 0 Å². The SMILES string of the molecule is CC1=NCCCN=C(C)C(C)=NCCCN=C1C.F[P-](F)(F)(F)(F)F.[Fe].c1ccc(O[PH+](Oc2ccccc2)Oc2ccccc2)cc1. The Bertz CT molecular complexity index is 1320. The van der Waals surface area contributed by atoms with Crippen LogP contribution in [0, 0.1) is 0 Å². The van der Waals surface area contributed by atoms with Gasteiger partial charge in [0, 0.05) is 43.2 Å². The fraction of sp³-hybridized carbons (Fsp3) is 0.312. The molecule has 0 aromatic heterocycles. The van der Waals surface area contributed by atoms with Gasteiger partial charge in [0.1, 0.15) is 0 Å². The molecule has 0 saturated heterocycles. The Kier molecular flexibility index (Phi) is 17.5. The third-order valence-corrected chi connectivity index (χ3v) is 7.12. The zero-order chi connectivity index (χ0) is 34.8. The van der Waals surface area contributed by atoms with E-state index in [1.165, 1.54) is 0 Å². The van der Waals surface area contributed by atoms with Crippen LogP contribution in [0.5, 0.6) is 17.2 Å². The molecule has 0 N–H and O–H groups in total. The number of nitrogens with zero attached hydrogens (tertiary/aromatic N) is 4. The van der Waals surface area contributed by atoms with Crippen LogP contribution in [-0.4, -0.2) is 49.0 Å². The largest absolute Gasteiger partial charge is 0.528 e. The van der Waals surface area contributed by atoms with Gasteiger partial charge in [-0.3, -0.25) is 33.5 Å². The third kappa shape index (κ3) is 23.1. The monoisotopic (exact) mass is 760 g/mol. The van der Waals surface area contributed by atoms with Crippen LogP contribution in [0.4, 0.5) is 25.2 Å². The van der Waals surface area contributed by atoms with E-state index in [4.69, 9.17) is 13.6 Å². The van der Waals surface area contributed by atoms with Gasteiger partial charge in [-0.2, -0.15) is 0 Å². The summed E-state index contributed by atoms with van der Waals surface area (Å²) in [4.78, 5) is 18.1. The summed E-state index contributed by atoms with van der Waals surface area (Å²) in [6.45, 7) is 11.4. The van der Waals surface area contributed by atoms with Crippen LogP contribution in [0.25, 0.3) is 0 Å². The first-order chi connectivity index (χ1) is 22.0. The van der Waals surface area contributed by atoms with Crippen LogP contribution in [0.2, 0.25) is 0 Å². The van der Waals surface area contributed by atoms with Crippen LogP contribution in [-0.2, 0) is 17.1 Å². The van der Waals surface area contributed by atoms with E-state index >= 15 is 0 Å². The van der Waals surface area contributed by atoms with Crippen LogP contribution in [0.3, 0.4) is 0 Å². The molecule has 7 nitrogen and oxygen atoms in total. The van der Waals surface area contributed by atoms with Crippen molar-refractivity contribution in [2.24, 2.45) is 20.0 Å². The molecule has 48 heavy (non-hydrogen) atoms. The molecule has 1 aliphatic rings. The van der Waals surface area contributed by atoms with Gasteiger partial charge in [0.15, 0.2) is 17.2 Å². The van der Waals surface area contributed by atoms with Crippen molar-refractivity contribution in [2.45, 2.75) is 40.5 Å². The molecular weight excluding hydrogens is 720 g/mol. The van der Waals surface area contributed by atoms with Gasteiger partial charge in [-0.15, -0.1) is 0 Å². The van der Waals surface area contributed by atoms with Crippen LogP contribution in [0.15, 0.2) is 111 Å². The van der Waals surface area contributed by atoms with E-state index in [-0.39, 0.29) is 17.1 Å². The maximum absolute atomic E-state index is 10.7. The first-order valence-corrected chi connectivity index (χ1v) is 17.9. The van der Waals surface area contributed by atoms with E-state index in [1.807, 2.05) is 119 Å². The van der Waals surface area contributed by atoms with Crippen LogP contribution >= 0.6 is 16.4 Å². The molecule has 0 amide bonds. The molecule has 3 aromatic carbocycles. The van der Waals surface area contributed by atoms with Crippen molar-refractivity contribution in [3.63, 3.8) is 0 Å². The minimum Gasteiger partial charge on any atom is -0.273 e. The second-order valence-corrected chi connectivity index (χ2v) is 13.1. The molecule has 1 heterocycles. The summed E-state index contributed by atoms with van der Waals surface area (Å²) < 4.78 is 76.8. The molecule has 0 saturated carbocycles. The first kappa shape index (κ1) is 42.7. The second kappa shape index (κ2) is 19.6. The normalized spacial score (nSPS) is 15.6. The van der Waals surface area contributed by atoms with Crippen molar-refractivity contribution in [3.8, 4) is 17.2 Å². The molecule has 0 aliphatic carbocycles. The Hall–Kier alpha value is -3.30. The molecule has 0 bridgehead atoms. The summed E-state index contributed by atoms with van der Waals surface area (Å²) in [7, 11) is -12.7. The number of hydrogen-bond acceptors (Lipinski definition) is 7. The fourth-order valence-electron chi connectivity index (χ4n) is 3.40. The van der Waals surface area contributed by atoms with Crippen molar-refractivity contribution < 1.29 is 55.8 Å². The van der Waals surface area contributed by atoms with Gasteiger partial charge < -0.3 is 0 Å². The van der Waals surface area contributed by atoms with Crippen LogP contribution in [0.1, 0.15) is 40.5 Å². The van der Waals surface area contributed by atoms with E-state index in [9.17, 15) is 25.2 Å². The molecule has 0 radical (unpaired) electrons. The van der Waals surface area contributed by atoms with E-state index in [1.54, 1.807) is 0 Å².